The van der Waals surface area contributed by atoms with Crippen molar-refractivity contribution in [2.45, 2.75) is 6.54 Å². The highest BCUT2D eigenvalue weighted by Gasteiger charge is 2.16. The summed E-state index contributed by atoms with van der Waals surface area (Å²) in [6.07, 6.45) is 2.85. The number of carboxylic acids is 1. The Balaban J connectivity index is 2.19. The minimum Gasteiger partial charge on any atom is -0.497 e. The van der Waals surface area contributed by atoms with Gasteiger partial charge in [0.25, 0.3) is 0 Å². The highest BCUT2D eigenvalue weighted by molar-refractivity contribution is 5.90. The topological polar surface area (TPSA) is 75.5 Å². The van der Waals surface area contributed by atoms with E-state index < -0.39 is 5.97 Å². The van der Waals surface area contributed by atoms with Crippen molar-refractivity contribution in [3.8, 4) is 5.75 Å². The van der Waals surface area contributed by atoms with E-state index in [0.29, 0.717) is 12.4 Å². The highest BCUT2D eigenvalue weighted by atomic mass is 16.5. The van der Waals surface area contributed by atoms with Crippen LogP contribution in [-0.2, 0) is 6.54 Å². The van der Waals surface area contributed by atoms with Gasteiger partial charge in [-0.1, -0.05) is 12.1 Å². The summed E-state index contributed by atoms with van der Waals surface area (Å²) in [6.45, 7) is 0.531. The number of hydrogen-bond acceptors (Lipinski definition) is 5. The second kappa shape index (κ2) is 6.01. The number of methoxy groups -OCH3 is 1. The number of rotatable bonds is 5. The lowest BCUT2D eigenvalue weighted by atomic mass is 10.2. The van der Waals surface area contributed by atoms with Gasteiger partial charge < -0.3 is 14.7 Å². The normalized spacial score (nSPS) is 10.1. The van der Waals surface area contributed by atoms with Gasteiger partial charge in [-0.05, 0) is 17.7 Å². The molecular weight excluding hydrogens is 258 g/mol. The number of nitrogens with zero attached hydrogens (tertiary/aromatic N) is 3. The van der Waals surface area contributed by atoms with Crippen molar-refractivity contribution >= 4 is 11.8 Å². The number of benzene rings is 1. The Morgan fingerprint density at radius 1 is 1.25 bits per heavy atom. The Morgan fingerprint density at radius 2 is 1.90 bits per heavy atom. The van der Waals surface area contributed by atoms with Gasteiger partial charge in [-0.3, -0.25) is 0 Å². The molecule has 0 amide bonds. The Kier molecular flexibility index (Phi) is 4.14. The third kappa shape index (κ3) is 3.03. The van der Waals surface area contributed by atoms with Crippen LogP contribution in [0.15, 0.2) is 36.7 Å². The van der Waals surface area contributed by atoms with Crippen LogP contribution in [0.1, 0.15) is 16.1 Å². The van der Waals surface area contributed by atoms with Crippen molar-refractivity contribution in [3.05, 3.63) is 47.9 Å². The molecule has 0 aliphatic heterocycles. The molecule has 20 heavy (non-hydrogen) atoms. The van der Waals surface area contributed by atoms with Crippen molar-refractivity contribution in [2.75, 3.05) is 19.1 Å². The standard InChI is InChI=1S/C14H15N3O3/c1-17(9-10-3-5-11(20-2)6-4-10)13-12(14(18)19)15-7-8-16-13/h3-8H,9H2,1-2H3,(H,18,19). The quantitative estimate of drug-likeness (QED) is 0.895. The van der Waals surface area contributed by atoms with Gasteiger partial charge in [-0.15, -0.1) is 0 Å². The summed E-state index contributed by atoms with van der Waals surface area (Å²) >= 11 is 0. The summed E-state index contributed by atoms with van der Waals surface area (Å²) in [6, 6.07) is 7.56. The number of anilines is 1. The van der Waals surface area contributed by atoms with Crippen molar-refractivity contribution in [1.82, 2.24) is 9.97 Å². The van der Waals surface area contributed by atoms with Crippen LogP contribution in [0.5, 0.6) is 5.75 Å². The molecule has 2 rings (SSSR count). The summed E-state index contributed by atoms with van der Waals surface area (Å²) < 4.78 is 5.10. The molecule has 0 fully saturated rings. The molecule has 0 aliphatic rings. The number of hydrogen-bond donors (Lipinski definition) is 1. The SMILES string of the molecule is COc1ccc(CN(C)c2nccnc2C(=O)O)cc1. The summed E-state index contributed by atoms with van der Waals surface area (Å²) in [5, 5.41) is 9.10. The first-order valence-electron chi connectivity index (χ1n) is 6.00. The molecule has 0 saturated carbocycles. The minimum absolute atomic E-state index is 0.0523. The van der Waals surface area contributed by atoms with Crippen LogP contribution < -0.4 is 9.64 Å². The Bertz CT molecular complexity index is 599. The first-order chi connectivity index (χ1) is 9.61. The summed E-state index contributed by atoms with van der Waals surface area (Å²) in [5.74, 6) is 0.0348. The fourth-order valence-electron chi connectivity index (χ4n) is 1.84. The minimum atomic E-state index is -1.09. The second-order valence-corrected chi connectivity index (χ2v) is 4.24. The smallest absolute Gasteiger partial charge is 0.358 e. The van der Waals surface area contributed by atoms with Crippen molar-refractivity contribution in [3.63, 3.8) is 0 Å². The van der Waals surface area contributed by atoms with E-state index in [4.69, 9.17) is 9.84 Å². The largest absolute Gasteiger partial charge is 0.497 e. The van der Waals surface area contributed by atoms with E-state index in [9.17, 15) is 4.79 Å². The average molecular weight is 273 g/mol. The van der Waals surface area contributed by atoms with Crippen molar-refractivity contribution in [1.29, 1.82) is 0 Å². The first-order valence-corrected chi connectivity index (χ1v) is 6.00. The van der Waals surface area contributed by atoms with Gasteiger partial charge in [0, 0.05) is 26.0 Å². The molecule has 0 unspecified atom stereocenters. The Morgan fingerprint density at radius 3 is 2.50 bits per heavy atom. The molecule has 0 aliphatic carbocycles. The molecule has 0 atom stereocenters. The maximum atomic E-state index is 11.1. The second-order valence-electron chi connectivity index (χ2n) is 4.24. The molecule has 1 aromatic heterocycles. The van der Waals surface area contributed by atoms with Gasteiger partial charge in [0.1, 0.15) is 5.75 Å². The molecule has 0 bridgehead atoms. The van der Waals surface area contributed by atoms with Crippen LogP contribution in [0.4, 0.5) is 5.82 Å². The zero-order valence-electron chi connectivity index (χ0n) is 11.3. The molecule has 0 spiro atoms. The van der Waals surface area contributed by atoms with Gasteiger partial charge in [0.05, 0.1) is 7.11 Å². The number of ether oxygens (including phenoxy) is 1. The molecular formula is C14H15N3O3. The maximum Gasteiger partial charge on any atom is 0.358 e. The Labute approximate surface area is 116 Å². The molecule has 1 aromatic carbocycles. The molecule has 0 saturated heterocycles. The molecule has 1 heterocycles. The number of aromatic carboxylic acids is 1. The maximum absolute atomic E-state index is 11.1. The fourth-order valence-corrected chi connectivity index (χ4v) is 1.84. The molecule has 2 aromatic rings. The van der Waals surface area contributed by atoms with E-state index in [1.54, 1.807) is 19.1 Å². The average Bonchev–Trinajstić information content (AvgIpc) is 2.48. The Hall–Kier alpha value is -2.63. The molecule has 1 N–H and O–H groups in total. The van der Waals surface area contributed by atoms with E-state index in [1.165, 1.54) is 12.4 Å². The van der Waals surface area contributed by atoms with E-state index in [0.717, 1.165) is 11.3 Å². The van der Waals surface area contributed by atoms with E-state index in [-0.39, 0.29) is 5.69 Å². The first kappa shape index (κ1) is 13.8. The third-order valence-electron chi connectivity index (χ3n) is 2.82. The van der Waals surface area contributed by atoms with E-state index in [2.05, 4.69) is 9.97 Å². The van der Waals surface area contributed by atoms with Crippen LogP contribution in [0.2, 0.25) is 0 Å². The van der Waals surface area contributed by atoms with Crippen molar-refractivity contribution < 1.29 is 14.6 Å². The number of carboxylic acid groups (broad SMARTS) is 1. The molecule has 6 nitrogen and oxygen atoms in total. The lowest BCUT2D eigenvalue weighted by Crippen LogP contribution is -2.21. The summed E-state index contributed by atoms with van der Waals surface area (Å²) in [7, 11) is 3.39. The number of carbonyl (C=O) groups is 1. The summed E-state index contributed by atoms with van der Waals surface area (Å²) in [5.41, 5.74) is 0.971. The van der Waals surface area contributed by atoms with Crippen LogP contribution in [0.25, 0.3) is 0 Å². The third-order valence-corrected chi connectivity index (χ3v) is 2.82. The van der Waals surface area contributed by atoms with Crippen LogP contribution >= 0.6 is 0 Å². The highest BCUT2D eigenvalue weighted by Crippen LogP contribution is 2.18. The zero-order chi connectivity index (χ0) is 14.5. The molecule has 104 valence electrons. The van der Waals surface area contributed by atoms with Gasteiger partial charge in [0.2, 0.25) is 0 Å². The monoisotopic (exact) mass is 273 g/mol. The fraction of sp³-hybridized carbons (Fsp3) is 0.214. The van der Waals surface area contributed by atoms with Gasteiger partial charge in [-0.2, -0.15) is 0 Å². The van der Waals surface area contributed by atoms with Gasteiger partial charge in [-0.25, -0.2) is 14.8 Å². The predicted molar refractivity (Wildman–Crippen MR) is 74.1 cm³/mol. The number of aromatic nitrogens is 2. The van der Waals surface area contributed by atoms with Crippen LogP contribution in [-0.4, -0.2) is 35.2 Å². The van der Waals surface area contributed by atoms with Crippen LogP contribution in [0, 0.1) is 0 Å². The lowest BCUT2D eigenvalue weighted by molar-refractivity contribution is 0.0690. The molecule has 0 radical (unpaired) electrons. The van der Waals surface area contributed by atoms with Gasteiger partial charge in [0.15, 0.2) is 11.5 Å². The van der Waals surface area contributed by atoms with E-state index >= 15 is 0 Å². The van der Waals surface area contributed by atoms with E-state index in [1.807, 2.05) is 24.3 Å². The van der Waals surface area contributed by atoms with Crippen LogP contribution in [0.3, 0.4) is 0 Å². The predicted octanol–water partition coefficient (Wildman–Crippen LogP) is 1.82. The van der Waals surface area contributed by atoms with Crippen molar-refractivity contribution in [2.24, 2.45) is 0 Å². The zero-order valence-corrected chi connectivity index (χ0v) is 11.3. The summed E-state index contributed by atoms with van der Waals surface area (Å²) in [4.78, 5) is 20.8. The lowest BCUT2D eigenvalue weighted by Gasteiger charge is -2.19. The molecule has 6 heteroatoms. The van der Waals surface area contributed by atoms with Gasteiger partial charge >= 0.3 is 5.97 Å².